The number of piperazine rings is 1. The minimum atomic E-state index is 0.106. The van der Waals surface area contributed by atoms with E-state index in [1.54, 1.807) is 12.2 Å². The molecule has 1 aromatic rings. The van der Waals surface area contributed by atoms with Gasteiger partial charge in [-0.2, -0.15) is 0 Å². The SMILES string of the molecule is C/C=C/C(=O)N1CCNC(c2ccccc2)C1. The summed E-state index contributed by atoms with van der Waals surface area (Å²) in [4.78, 5) is 13.7. The lowest BCUT2D eigenvalue weighted by molar-refractivity contribution is -0.127. The Balaban J connectivity index is 2.05. The second-order valence-corrected chi connectivity index (χ2v) is 4.20. The lowest BCUT2D eigenvalue weighted by Crippen LogP contribution is -2.47. The van der Waals surface area contributed by atoms with E-state index in [2.05, 4.69) is 17.4 Å². The fourth-order valence-electron chi connectivity index (χ4n) is 2.11. The molecular formula is C14H18N2O. The van der Waals surface area contributed by atoms with Crippen LogP contribution < -0.4 is 5.32 Å². The van der Waals surface area contributed by atoms with E-state index >= 15 is 0 Å². The van der Waals surface area contributed by atoms with Crippen LogP contribution in [0.25, 0.3) is 0 Å². The van der Waals surface area contributed by atoms with E-state index in [-0.39, 0.29) is 11.9 Å². The second kappa shape index (κ2) is 5.64. The fourth-order valence-corrected chi connectivity index (χ4v) is 2.11. The largest absolute Gasteiger partial charge is 0.336 e. The molecule has 0 bridgehead atoms. The molecule has 1 amide bonds. The van der Waals surface area contributed by atoms with Crippen LogP contribution in [-0.4, -0.2) is 30.4 Å². The number of hydrogen-bond acceptors (Lipinski definition) is 2. The first-order valence-electron chi connectivity index (χ1n) is 6.01. The number of amides is 1. The van der Waals surface area contributed by atoms with Crippen LogP contribution >= 0.6 is 0 Å². The molecule has 1 saturated heterocycles. The Morgan fingerprint density at radius 2 is 2.18 bits per heavy atom. The van der Waals surface area contributed by atoms with Crippen molar-refractivity contribution in [1.29, 1.82) is 0 Å². The average molecular weight is 230 g/mol. The van der Waals surface area contributed by atoms with Crippen molar-refractivity contribution in [2.24, 2.45) is 0 Å². The van der Waals surface area contributed by atoms with E-state index in [4.69, 9.17) is 0 Å². The zero-order valence-electron chi connectivity index (χ0n) is 10.1. The molecule has 1 heterocycles. The molecule has 1 N–H and O–H groups in total. The van der Waals surface area contributed by atoms with E-state index in [1.165, 1.54) is 5.56 Å². The number of carbonyl (C=O) groups excluding carboxylic acids is 1. The van der Waals surface area contributed by atoms with E-state index in [0.29, 0.717) is 0 Å². The molecule has 1 atom stereocenters. The highest BCUT2D eigenvalue weighted by Gasteiger charge is 2.22. The van der Waals surface area contributed by atoms with Gasteiger partial charge in [-0.05, 0) is 18.6 Å². The Kier molecular flexibility index (Phi) is 3.94. The van der Waals surface area contributed by atoms with Gasteiger partial charge in [-0.15, -0.1) is 0 Å². The summed E-state index contributed by atoms with van der Waals surface area (Å²) in [5.41, 5.74) is 1.24. The smallest absolute Gasteiger partial charge is 0.246 e. The first-order chi connectivity index (χ1) is 8.31. The van der Waals surface area contributed by atoms with Crippen molar-refractivity contribution in [3.05, 3.63) is 48.0 Å². The highest BCUT2D eigenvalue weighted by molar-refractivity contribution is 5.87. The molecule has 3 heteroatoms. The molecule has 90 valence electrons. The van der Waals surface area contributed by atoms with Gasteiger partial charge in [0.2, 0.25) is 5.91 Å². The minimum absolute atomic E-state index is 0.106. The van der Waals surface area contributed by atoms with Crippen molar-refractivity contribution in [3.63, 3.8) is 0 Å². The van der Waals surface area contributed by atoms with E-state index < -0.39 is 0 Å². The second-order valence-electron chi connectivity index (χ2n) is 4.20. The molecule has 1 fully saturated rings. The summed E-state index contributed by atoms with van der Waals surface area (Å²) in [6.07, 6.45) is 3.43. The molecular weight excluding hydrogens is 212 g/mol. The van der Waals surface area contributed by atoms with Crippen molar-refractivity contribution >= 4 is 5.91 Å². The molecule has 2 rings (SSSR count). The summed E-state index contributed by atoms with van der Waals surface area (Å²) >= 11 is 0. The van der Waals surface area contributed by atoms with Crippen LogP contribution in [0, 0.1) is 0 Å². The zero-order chi connectivity index (χ0) is 12.1. The molecule has 1 aliphatic heterocycles. The summed E-state index contributed by atoms with van der Waals surface area (Å²) in [5, 5.41) is 3.44. The maximum atomic E-state index is 11.8. The van der Waals surface area contributed by atoms with Gasteiger partial charge in [0.05, 0.1) is 0 Å². The monoisotopic (exact) mass is 230 g/mol. The molecule has 0 radical (unpaired) electrons. The Morgan fingerprint density at radius 3 is 2.88 bits per heavy atom. The minimum Gasteiger partial charge on any atom is -0.336 e. The predicted octanol–water partition coefficient (Wildman–Crippen LogP) is 1.74. The summed E-state index contributed by atoms with van der Waals surface area (Å²) in [6, 6.07) is 10.5. The summed E-state index contributed by atoms with van der Waals surface area (Å²) in [7, 11) is 0. The molecule has 1 aliphatic rings. The Bertz CT molecular complexity index is 400. The van der Waals surface area contributed by atoms with Crippen LogP contribution in [0.5, 0.6) is 0 Å². The molecule has 1 aromatic carbocycles. The topological polar surface area (TPSA) is 32.3 Å². The van der Waals surface area contributed by atoms with Crippen molar-refractivity contribution in [3.8, 4) is 0 Å². The summed E-state index contributed by atoms with van der Waals surface area (Å²) in [6.45, 7) is 4.25. The first kappa shape index (κ1) is 11.9. The van der Waals surface area contributed by atoms with Gasteiger partial charge in [0.15, 0.2) is 0 Å². The average Bonchev–Trinajstić information content (AvgIpc) is 2.40. The van der Waals surface area contributed by atoms with Gasteiger partial charge in [0.1, 0.15) is 0 Å². The number of nitrogens with zero attached hydrogens (tertiary/aromatic N) is 1. The number of rotatable bonds is 2. The predicted molar refractivity (Wildman–Crippen MR) is 68.6 cm³/mol. The summed E-state index contributed by atoms with van der Waals surface area (Å²) in [5.74, 6) is 0.106. The zero-order valence-corrected chi connectivity index (χ0v) is 10.1. The Hall–Kier alpha value is -1.61. The molecule has 0 spiro atoms. The molecule has 0 aliphatic carbocycles. The lowest BCUT2D eigenvalue weighted by Gasteiger charge is -2.33. The molecule has 1 unspecified atom stereocenters. The van der Waals surface area contributed by atoms with Crippen LogP contribution in [0.1, 0.15) is 18.5 Å². The number of nitrogens with one attached hydrogen (secondary N) is 1. The number of hydrogen-bond donors (Lipinski definition) is 1. The fraction of sp³-hybridized carbons (Fsp3) is 0.357. The van der Waals surface area contributed by atoms with Gasteiger partial charge in [0.25, 0.3) is 0 Å². The molecule has 17 heavy (non-hydrogen) atoms. The van der Waals surface area contributed by atoms with Crippen molar-refractivity contribution < 1.29 is 4.79 Å². The van der Waals surface area contributed by atoms with Gasteiger partial charge in [-0.25, -0.2) is 0 Å². The van der Waals surface area contributed by atoms with Crippen LogP contribution in [-0.2, 0) is 4.79 Å². The number of allylic oxidation sites excluding steroid dienone is 1. The van der Waals surface area contributed by atoms with Crippen molar-refractivity contribution in [1.82, 2.24) is 10.2 Å². The van der Waals surface area contributed by atoms with Crippen LogP contribution in [0.3, 0.4) is 0 Å². The van der Waals surface area contributed by atoms with Gasteiger partial charge in [-0.3, -0.25) is 4.79 Å². The third-order valence-corrected chi connectivity index (χ3v) is 3.00. The van der Waals surface area contributed by atoms with E-state index in [0.717, 1.165) is 19.6 Å². The molecule has 3 nitrogen and oxygen atoms in total. The van der Waals surface area contributed by atoms with E-state index in [9.17, 15) is 4.79 Å². The van der Waals surface area contributed by atoms with Crippen molar-refractivity contribution in [2.45, 2.75) is 13.0 Å². The first-order valence-corrected chi connectivity index (χ1v) is 6.01. The molecule has 0 saturated carbocycles. The van der Waals surface area contributed by atoms with Crippen molar-refractivity contribution in [2.75, 3.05) is 19.6 Å². The third kappa shape index (κ3) is 2.94. The van der Waals surface area contributed by atoms with Gasteiger partial charge >= 0.3 is 0 Å². The Labute approximate surface area is 102 Å². The highest BCUT2D eigenvalue weighted by Crippen LogP contribution is 2.16. The van der Waals surface area contributed by atoms with Gasteiger partial charge in [-0.1, -0.05) is 36.4 Å². The quantitative estimate of drug-likeness (QED) is 0.785. The van der Waals surface area contributed by atoms with Gasteiger partial charge in [0, 0.05) is 25.7 Å². The number of benzene rings is 1. The standard InChI is InChI=1S/C14H18N2O/c1-2-6-14(17)16-10-9-15-13(11-16)12-7-4-3-5-8-12/h2-8,13,15H,9-11H2,1H3/b6-2+. The lowest BCUT2D eigenvalue weighted by atomic mass is 10.0. The Morgan fingerprint density at radius 1 is 1.41 bits per heavy atom. The maximum Gasteiger partial charge on any atom is 0.246 e. The third-order valence-electron chi connectivity index (χ3n) is 3.00. The highest BCUT2D eigenvalue weighted by atomic mass is 16.2. The summed E-state index contributed by atoms with van der Waals surface area (Å²) < 4.78 is 0. The van der Waals surface area contributed by atoms with E-state index in [1.807, 2.05) is 30.0 Å². The van der Waals surface area contributed by atoms with Crippen LogP contribution in [0.15, 0.2) is 42.5 Å². The van der Waals surface area contributed by atoms with Crippen LogP contribution in [0.4, 0.5) is 0 Å². The maximum absolute atomic E-state index is 11.8. The normalized spacial score (nSPS) is 20.8. The molecule has 0 aromatic heterocycles. The number of carbonyl (C=O) groups is 1. The van der Waals surface area contributed by atoms with Crippen LogP contribution in [0.2, 0.25) is 0 Å². The van der Waals surface area contributed by atoms with Gasteiger partial charge < -0.3 is 10.2 Å².